The Morgan fingerprint density at radius 3 is 2.73 bits per heavy atom. The van der Waals surface area contributed by atoms with E-state index in [2.05, 4.69) is 24.9 Å². The van der Waals surface area contributed by atoms with Gasteiger partial charge in [0, 0.05) is 11.7 Å². The number of hydrogen-bond acceptors (Lipinski definition) is 1. The molecule has 0 aliphatic heterocycles. The second kappa shape index (κ2) is 3.81. The van der Waals surface area contributed by atoms with Gasteiger partial charge in [-0.25, -0.2) is 0 Å². The van der Waals surface area contributed by atoms with Crippen molar-refractivity contribution in [2.45, 2.75) is 13.0 Å². The zero-order valence-electron chi connectivity index (χ0n) is 6.67. The van der Waals surface area contributed by atoms with Crippen molar-refractivity contribution in [1.29, 1.82) is 0 Å². The van der Waals surface area contributed by atoms with Gasteiger partial charge in [0.15, 0.2) is 0 Å². The van der Waals surface area contributed by atoms with Gasteiger partial charge in [0.25, 0.3) is 0 Å². The van der Waals surface area contributed by atoms with Crippen molar-refractivity contribution in [1.82, 2.24) is 0 Å². The third-order valence-corrected chi connectivity index (χ3v) is 1.47. The van der Waals surface area contributed by atoms with Crippen molar-refractivity contribution in [3.8, 4) is 0 Å². The SMILES string of the molecule is C=CC(C)Nc1cc[c]cc1. The number of hydrogen-bond donors (Lipinski definition) is 1. The molecule has 0 fully saturated rings. The lowest BCUT2D eigenvalue weighted by molar-refractivity contribution is 1.00. The molecule has 1 N–H and O–H groups in total. The predicted octanol–water partition coefficient (Wildman–Crippen LogP) is 2.47. The molecule has 11 heavy (non-hydrogen) atoms. The first kappa shape index (κ1) is 7.86. The molecule has 0 heterocycles. The van der Waals surface area contributed by atoms with Gasteiger partial charge in [-0.15, -0.1) is 6.58 Å². The molecule has 1 atom stereocenters. The van der Waals surface area contributed by atoms with E-state index in [1.165, 1.54) is 0 Å². The Bertz CT molecular complexity index is 216. The average Bonchev–Trinajstić information content (AvgIpc) is 2.06. The number of nitrogens with one attached hydrogen (secondary N) is 1. The Labute approximate surface area is 67.8 Å². The van der Waals surface area contributed by atoms with Crippen molar-refractivity contribution in [2.24, 2.45) is 0 Å². The van der Waals surface area contributed by atoms with Crippen LogP contribution in [0.15, 0.2) is 36.9 Å². The lowest BCUT2D eigenvalue weighted by atomic mass is 10.3. The number of benzene rings is 1. The molecule has 1 rings (SSSR count). The van der Waals surface area contributed by atoms with Crippen LogP contribution in [0.1, 0.15) is 6.92 Å². The lowest BCUT2D eigenvalue weighted by Crippen LogP contribution is -2.10. The topological polar surface area (TPSA) is 12.0 Å². The Morgan fingerprint density at radius 2 is 2.18 bits per heavy atom. The lowest BCUT2D eigenvalue weighted by Gasteiger charge is -2.09. The maximum Gasteiger partial charge on any atom is 0.0413 e. The van der Waals surface area contributed by atoms with Gasteiger partial charge in [0.05, 0.1) is 0 Å². The average molecular weight is 146 g/mol. The first-order valence-corrected chi connectivity index (χ1v) is 3.68. The van der Waals surface area contributed by atoms with Crippen molar-refractivity contribution in [3.05, 3.63) is 43.0 Å². The molecule has 0 aliphatic rings. The van der Waals surface area contributed by atoms with E-state index in [-0.39, 0.29) is 0 Å². The van der Waals surface area contributed by atoms with Crippen LogP contribution in [0.3, 0.4) is 0 Å². The summed E-state index contributed by atoms with van der Waals surface area (Å²) < 4.78 is 0. The Kier molecular flexibility index (Phi) is 2.73. The fraction of sp³-hybridized carbons (Fsp3) is 0.200. The monoisotopic (exact) mass is 146 g/mol. The molecule has 1 nitrogen and oxygen atoms in total. The van der Waals surface area contributed by atoms with Crippen LogP contribution in [-0.4, -0.2) is 6.04 Å². The summed E-state index contributed by atoms with van der Waals surface area (Å²) >= 11 is 0. The normalized spacial score (nSPS) is 12.1. The second-order valence-corrected chi connectivity index (χ2v) is 2.46. The minimum Gasteiger partial charge on any atom is -0.379 e. The minimum atomic E-state index is 0.317. The number of anilines is 1. The molecule has 0 saturated heterocycles. The Balaban J connectivity index is 2.57. The Hall–Kier alpha value is -1.24. The molecule has 0 spiro atoms. The molecule has 1 radical (unpaired) electrons. The van der Waals surface area contributed by atoms with Gasteiger partial charge in [0.2, 0.25) is 0 Å². The minimum absolute atomic E-state index is 0.317. The Morgan fingerprint density at radius 1 is 1.55 bits per heavy atom. The summed E-state index contributed by atoms with van der Waals surface area (Å²) in [6.07, 6.45) is 1.87. The van der Waals surface area contributed by atoms with Gasteiger partial charge < -0.3 is 5.32 Å². The summed E-state index contributed by atoms with van der Waals surface area (Å²) in [5.74, 6) is 0. The van der Waals surface area contributed by atoms with E-state index < -0.39 is 0 Å². The van der Waals surface area contributed by atoms with Gasteiger partial charge in [-0.05, 0) is 25.1 Å². The fourth-order valence-corrected chi connectivity index (χ4v) is 0.805. The van der Waals surface area contributed by atoms with Crippen LogP contribution in [0, 0.1) is 6.07 Å². The first-order valence-electron chi connectivity index (χ1n) is 3.68. The molecule has 0 amide bonds. The molecule has 0 bridgehead atoms. The van der Waals surface area contributed by atoms with Gasteiger partial charge in [-0.3, -0.25) is 0 Å². The van der Waals surface area contributed by atoms with Crippen molar-refractivity contribution in [3.63, 3.8) is 0 Å². The summed E-state index contributed by atoms with van der Waals surface area (Å²) in [6, 6.07) is 11.0. The largest absolute Gasteiger partial charge is 0.379 e. The van der Waals surface area contributed by atoms with Crippen molar-refractivity contribution < 1.29 is 0 Å². The second-order valence-electron chi connectivity index (χ2n) is 2.46. The van der Waals surface area contributed by atoms with Crippen molar-refractivity contribution >= 4 is 5.69 Å². The van der Waals surface area contributed by atoms with Crippen LogP contribution in [0.2, 0.25) is 0 Å². The zero-order valence-corrected chi connectivity index (χ0v) is 6.67. The van der Waals surface area contributed by atoms with E-state index in [0.717, 1.165) is 5.69 Å². The highest BCUT2D eigenvalue weighted by molar-refractivity contribution is 5.43. The predicted molar refractivity (Wildman–Crippen MR) is 48.6 cm³/mol. The van der Waals surface area contributed by atoms with Crippen LogP contribution < -0.4 is 5.32 Å². The van der Waals surface area contributed by atoms with Crippen LogP contribution in [0.25, 0.3) is 0 Å². The zero-order chi connectivity index (χ0) is 8.10. The molecule has 1 aromatic carbocycles. The third kappa shape index (κ3) is 2.46. The highest BCUT2D eigenvalue weighted by Gasteiger charge is 1.93. The summed E-state index contributed by atoms with van der Waals surface area (Å²) in [6.45, 7) is 5.75. The molecule has 1 heteroatoms. The van der Waals surface area contributed by atoms with Gasteiger partial charge in [0.1, 0.15) is 0 Å². The standard InChI is InChI=1S/C10H12N/c1-3-9(2)11-10-7-5-4-6-8-10/h3,5-9,11H,1H2,2H3. The maximum atomic E-state index is 3.69. The molecule has 57 valence electrons. The molecular weight excluding hydrogens is 134 g/mol. The highest BCUT2D eigenvalue weighted by atomic mass is 14.9. The molecule has 1 aromatic rings. The van der Waals surface area contributed by atoms with Crippen LogP contribution >= 0.6 is 0 Å². The smallest absolute Gasteiger partial charge is 0.0413 e. The van der Waals surface area contributed by atoms with Crippen LogP contribution in [0.4, 0.5) is 5.69 Å². The van der Waals surface area contributed by atoms with E-state index in [0.29, 0.717) is 6.04 Å². The van der Waals surface area contributed by atoms with E-state index >= 15 is 0 Å². The van der Waals surface area contributed by atoms with Gasteiger partial charge >= 0.3 is 0 Å². The molecule has 1 unspecified atom stereocenters. The summed E-state index contributed by atoms with van der Waals surface area (Å²) in [4.78, 5) is 0. The maximum absolute atomic E-state index is 3.69. The van der Waals surface area contributed by atoms with Crippen LogP contribution in [-0.2, 0) is 0 Å². The third-order valence-electron chi connectivity index (χ3n) is 1.47. The summed E-state index contributed by atoms with van der Waals surface area (Å²) in [7, 11) is 0. The van der Waals surface area contributed by atoms with E-state index in [1.54, 1.807) is 0 Å². The van der Waals surface area contributed by atoms with E-state index in [4.69, 9.17) is 0 Å². The quantitative estimate of drug-likeness (QED) is 0.646. The number of rotatable bonds is 3. The van der Waals surface area contributed by atoms with Crippen molar-refractivity contribution in [2.75, 3.05) is 5.32 Å². The summed E-state index contributed by atoms with van der Waals surface area (Å²) in [5.41, 5.74) is 1.11. The molecule has 0 aromatic heterocycles. The van der Waals surface area contributed by atoms with Gasteiger partial charge in [-0.2, -0.15) is 0 Å². The van der Waals surface area contributed by atoms with Gasteiger partial charge in [-0.1, -0.05) is 18.2 Å². The van der Waals surface area contributed by atoms with E-state index in [1.807, 2.05) is 30.3 Å². The molecule has 0 saturated carbocycles. The van der Waals surface area contributed by atoms with Crippen LogP contribution in [0.5, 0.6) is 0 Å². The first-order chi connectivity index (χ1) is 5.33. The highest BCUT2D eigenvalue weighted by Crippen LogP contribution is 2.06. The summed E-state index contributed by atoms with van der Waals surface area (Å²) in [5, 5.41) is 3.25. The fourth-order valence-electron chi connectivity index (χ4n) is 0.805. The molecular formula is C10H12N. The molecule has 0 aliphatic carbocycles. The van der Waals surface area contributed by atoms with E-state index in [9.17, 15) is 0 Å².